The highest BCUT2D eigenvalue weighted by Gasteiger charge is 2.48. The Balaban J connectivity index is 1.74. The molecule has 0 saturated carbocycles. The molecule has 1 fully saturated rings. The van der Waals surface area contributed by atoms with E-state index in [1.54, 1.807) is 13.8 Å². The number of aliphatic hydroxyl groups excluding tert-OH is 1. The highest BCUT2D eigenvalue weighted by Crippen LogP contribution is 2.29. The Morgan fingerprint density at radius 2 is 1.45 bits per heavy atom. The van der Waals surface area contributed by atoms with Crippen LogP contribution in [-0.2, 0) is 41.7 Å². The van der Waals surface area contributed by atoms with Gasteiger partial charge >= 0.3 is 5.97 Å². The number of ether oxygens (including phenoxy) is 5. The SMILES string of the molecule is [2H]CC(C)(C)C(=O)OC[C@H]1OC(OCCCCCCCC)[C@H](OCc2ccccc2)[C@@H](O)[C@H]1OCc1ccccc1. The van der Waals surface area contributed by atoms with E-state index in [0.717, 1.165) is 30.4 Å². The van der Waals surface area contributed by atoms with Gasteiger partial charge in [0.15, 0.2) is 6.29 Å². The van der Waals surface area contributed by atoms with Crippen LogP contribution in [0.3, 0.4) is 0 Å². The molecule has 5 atom stereocenters. The van der Waals surface area contributed by atoms with Gasteiger partial charge < -0.3 is 28.8 Å². The van der Waals surface area contributed by atoms with E-state index in [2.05, 4.69) is 6.92 Å². The summed E-state index contributed by atoms with van der Waals surface area (Å²) in [5.74, 6) is -0.501. The van der Waals surface area contributed by atoms with Gasteiger partial charge in [0.25, 0.3) is 0 Å². The number of benzene rings is 2. The van der Waals surface area contributed by atoms with Crippen LogP contribution < -0.4 is 0 Å². The molecule has 40 heavy (non-hydrogen) atoms. The van der Waals surface area contributed by atoms with Crippen LogP contribution in [0.4, 0.5) is 0 Å². The van der Waals surface area contributed by atoms with Crippen molar-refractivity contribution >= 4 is 5.97 Å². The summed E-state index contributed by atoms with van der Waals surface area (Å²) in [5.41, 5.74) is 0.946. The Labute approximate surface area is 241 Å². The molecule has 3 rings (SSSR count). The average Bonchev–Trinajstić information content (AvgIpc) is 2.99. The predicted octanol–water partition coefficient (Wildman–Crippen LogP) is 6.21. The number of hydrogen-bond acceptors (Lipinski definition) is 7. The lowest BCUT2D eigenvalue weighted by molar-refractivity contribution is -0.319. The number of aliphatic hydroxyl groups is 1. The fourth-order valence-electron chi connectivity index (χ4n) is 4.51. The number of rotatable bonds is 16. The minimum Gasteiger partial charge on any atom is -0.462 e. The highest BCUT2D eigenvalue weighted by molar-refractivity contribution is 5.75. The third kappa shape index (κ3) is 10.6. The molecule has 7 heteroatoms. The van der Waals surface area contributed by atoms with Crippen LogP contribution in [0, 0.1) is 5.41 Å². The molecule has 0 radical (unpaired) electrons. The number of carbonyl (C=O) groups excluding carboxylic acids is 1. The predicted molar refractivity (Wildman–Crippen MR) is 154 cm³/mol. The van der Waals surface area contributed by atoms with Crippen molar-refractivity contribution in [3.05, 3.63) is 71.8 Å². The number of hydrogen-bond donors (Lipinski definition) is 1. The summed E-state index contributed by atoms with van der Waals surface area (Å²) in [5, 5.41) is 11.6. The van der Waals surface area contributed by atoms with E-state index in [1.165, 1.54) is 19.3 Å². The lowest BCUT2D eigenvalue weighted by Crippen LogP contribution is -2.61. The van der Waals surface area contributed by atoms with Crippen molar-refractivity contribution in [3.63, 3.8) is 0 Å². The molecule has 1 aliphatic heterocycles. The molecule has 7 nitrogen and oxygen atoms in total. The van der Waals surface area contributed by atoms with Crippen molar-refractivity contribution in [1.82, 2.24) is 0 Å². The molecule has 0 bridgehead atoms. The van der Waals surface area contributed by atoms with Crippen LogP contribution in [0.15, 0.2) is 60.7 Å². The van der Waals surface area contributed by atoms with Gasteiger partial charge in [-0.25, -0.2) is 0 Å². The van der Waals surface area contributed by atoms with Crippen LogP contribution >= 0.6 is 0 Å². The Bertz CT molecular complexity index is 988. The van der Waals surface area contributed by atoms with E-state index >= 15 is 0 Å². The van der Waals surface area contributed by atoms with Gasteiger partial charge in [0.2, 0.25) is 0 Å². The topological polar surface area (TPSA) is 83.5 Å². The second-order valence-electron chi connectivity index (χ2n) is 11.2. The van der Waals surface area contributed by atoms with Gasteiger partial charge in [-0.05, 0) is 38.3 Å². The van der Waals surface area contributed by atoms with Crippen molar-refractivity contribution in [2.24, 2.45) is 5.41 Å². The van der Waals surface area contributed by atoms with Crippen LogP contribution in [0.1, 0.15) is 78.7 Å². The second kappa shape index (κ2) is 16.8. The van der Waals surface area contributed by atoms with Crippen LogP contribution in [-0.4, -0.2) is 55.0 Å². The van der Waals surface area contributed by atoms with E-state index in [1.807, 2.05) is 60.7 Å². The van der Waals surface area contributed by atoms with Gasteiger partial charge in [0.05, 0.1) is 18.6 Å². The third-order valence-corrected chi connectivity index (χ3v) is 6.90. The zero-order valence-electron chi connectivity index (χ0n) is 25.3. The Morgan fingerprint density at radius 3 is 2.05 bits per heavy atom. The first-order valence-corrected chi connectivity index (χ1v) is 14.6. The molecule has 0 amide bonds. The summed E-state index contributed by atoms with van der Waals surface area (Å²) < 4.78 is 38.2. The first-order valence-electron chi connectivity index (χ1n) is 15.3. The first kappa shape index (κ1) is 30.7. The molecule has 0 spiro atoms. The molecule has 1 N–H and O–H groups in total. The summed E-state index contributed by atoms with van der Waals surface area (Å²) in [6.07, 6.45) is 2.31. The zero-order chi connectivity index (χ0) is 29.5. The first-order chi connectivity index (χ1) is 19.9. The van der Waals surface area contributed by atoms with E-state index in [4.69, 9.17) is 25.1 Å². The minimum absolute atomic E-state index is 0.104. The fourth-order valence-corrected chi connectivity index (χ4v) is 4.51. The van der Waals surface area contributed by atoms with Crippen LogP contribution in [0.25, 0.3) is 0 Å². The molecular weight excluding hydrogens is 508 g/mol. The average molecular weight is 558 g/mol. The van der Waals surface area contributed by atoms with Gasteiger partial charge in [0.1, 0.15) is 31.0 Å². The van der Waals surface area contributed by atoms with E-state index in [0.29, 0.717) is 6.61 Å². The summed E-state index contributed by atoms with van der Waals surface area (Å²) in [6.45, 7) is 6.26. The fraction of sp³-hybridized carbons (Fsp3) is 0.606. The number of unbranched alkanes of at least 4 members (excludes halogenated alkanes) is 5. The summed E-state index contributed by atoms with van der Waals surface area (Å²) >= 11 is 0. The largest absolute Gasteiger partial charge is 0.462 e. The zero-order valence-corrected chi connectivity index (χ0v) is 24.3. The van der Waals surface area contributed by atoms with Crippen molar-refractivity contribution in [3.8, 4) is 0 Å². The highest BCUT2D eigenvalue weighted by atomic mass is 16.7. The van der Waals surface area contributed by atoms with Crippen molar-refractivity contribution < 1.29 is 35.0 Å². The molecule has 2 aromatic rings. The Kier molecular flexibility index (Phi) is 12.9. The van der Waals surface area contributed by atoms with Crippen molar-refractivity contribution in [2.75, 3.05) is 13.2 Å². The van der Waals surface area contributed by atoms with Crippen LogP contribution in [0.2, 0.25) is 0 Å². The van der Waals surface area contributed by atoms with Crippen LogP contribution in [0.5, 0.6) is 0 Å². The summed E-state index contributed by atoms with van der Waals surface area (Å²) in [4.78, 5) is 12.7. The maximum atomic E-state index is 12.7. The lowest BCUT2D eigenvalue weighted by Gasteiger charge is -2.44. The normalized spacial score (nSPS) is 23.5. The summed E-state index contributed by atoms with van der Waals surface area (Å²) in [7, 11) is 0. The smallest absolute Gasteiger partial charge is 0.311 e. The lowest BCUT2D eigenvalue weighted by atomic mass is 9.96. The molecule has 1 unspecified atom stereocenters. The molecule has 1 aliphatic rings. The van der Waals surface area contributed by atoms with E-state index in [-0.39, 0.29) is 26.7 Å². The molecule has 0 aliphatic carbocycles. The van der Waals surface area contributed by atoms with Gasteiger partial charge in [-0.15, -0.1) is 0 Å². The van der Waals surface area contributed by atoms with Gasteiger partial charge in [-0.1, -0.05) is 99.7 Å². The molecule has 222 valence electrons. The quantitative estimate of drug-likeness (QED) is 0.194. The van der Waals surface area contributed by atoms with Gasteiger partial charge in [-0.2, -0.15) is 0 Å². The molecule has 0 aromatic heterocycles. The molecular formula is C33H48O7. The molecule has 2 aromatic carbocycles. The molecule has 1 saturated heterocycles. The summed E-state index contributed by atoms with van der Waals surface area (Å²) in [6, 6.07) is 19.4. The standard InChI is InChI=1S/C33H48O7/c1-5-6-7-8-9-16-21-36-31-30(38-23-26-19-14-11-15-20-26)28(34)29(37-22-25-17-12-10-13-18-25)27(40-31)24-39-32(35)33(2,3)4/h10-15,17-20,27-31,34H,5-9,16,21-24H2,1-4H3/t27-,28+,29+,30-,31?/m1/s1/i2D. The second-order valence-corrected chi connectivity index (χ2v) is 11.2. The molecule has 1 heterocycles. The number of esters is 1. The van der Waals surface area contributed by atoms with Gasteiger partial charge in [0, 0.05) is 7.98 Å². The Morgan fingerprint density at radius 1 is 0.875 bits per heavy atom. The van der Waals surface area contributed by atoms with Crippen molar-refractivity contribution in [1.29, 1.82) is 0 Å². The van der Waals surface area contributed by atoms with E-state index < -0.39 is 42.1 Å². The van der Waals surface area contributed by atoms with Gasteiger partial charge in [-0.3, -0.25) is 4.79 Å². The third-order valence-electron chi connectivity index (χ3n) is 6.90. The monoisotopic (exact) mass is 557 g/mol. The maximum absolute atomic E-state index is 12.7. The Hall–Kier alpha value is -2.29. The van der Waals surface area contributed by atoms with E-state index in [9.17, 15) is 9.90 Å². The maximum Gasteiger partial charge on any atom is 0.311 e. The van der Waals surface area contributed by atoms with Crippen molar-refractivity contribution in [2.45, 2.75) is 110 Å². The number of carbonyl (C=O) groups is 1. The minimum atomic E-state index is -1.10.